The van der Waals surface area contributed by atoms with Gasteiger partial charge in [-0.3, -0.25) is 4.79 Å². The highest BCUT2D eigenvalue weighted by Gasteiger charge is 2.06. The fourth-order valence-corrected chi connectivity index (χ4v) is 1.78. The van der Waals surface area contributed by atoms with Gasteiger partial charge in [-0.1, -0.05) is 29.8 Å². The van der Waals surface area contributed by atoms with E-state index in [1.807, 2.05) is 30.3 Å². The summed E-state index contributed by atoms with van der Waals surface area (Å²) in [6, 6.07) is 12.8. The second-order valence-electron chi connectivity index (χ2n) is 3.58. The van der Waals surface area contributed by atoms with E-state index in [0.29, 0.717) is 16.3 Å². The molecule has 0 bridgehead atoms. The van der Waals surface area contributed by atoms with Crippen molar-refractivity contribution in [3.63, 3.8) is 0 Å². The van der Waals surface area contributed by atoms with E-state index >= 15 is 0 Å². The van der Waals surface area contributed by atoms with Gasteiger partial charge in [0.25, 0.3) is 0 Å². The van der Waals surface area contributed by atoms with E-state index in [1.54, 1.807) is 19.2 Å². The Balaban J connectivity index is 2.51. The van der Waals surface area contributed by atoms with E-state index in [9.17, 15) is 4.79 Å². The maximum atomic E-state index is 10.7. The number of hydrogen-bond donors (Lipinski definition) is 0. The van der Waals surface area contributed by atoms with Crippen LogP contribution in [0.1, 0.15) is 10.4 Å². The number of halogens is 1. The zero-order valence-corrected chi connectivity index (χ0v) is 10.1. The Kier molecular flexibility index (Phi) is 3.45. The molecule has 0 atom stereocenters. The molecule has 17 heavy (non-hydrogen) atoms. The summed E-state index contributed by atoms with van der Waals surface area (Å²) in [5.74, 6) is 0.678. The van der Waals surface area contributed by atoms with Gasteiger partial charge in [0.2, 0.25) is 0 Å². The van der Waals surface area contributed by atoms with Crippen LogP contribution in [0, 0.1) is 0 Å². The van der Waals surface area contributed by atoms with Gasteiger partial charge in [-0.15, -0.1) is 0 Å². The number of ether oxygens (including phenoxy) is 1. The minimum Gasteiger partial charge on any atom is -0.496 e. The second-order valence-corrected chi connectivity index (χ2v) is 4.02. The summed E-state index contributed by atoms with van der Waals surface area (Å²) in [4.78, 5) is 10.7. The summed E-state index contributed by atoms with van der Waals surface area (Å²) in [5.41, 5.74) is 2.54. The van der Waals surface area contributed by atoms with Crippen molar-refractivity contribution in [2.24, 2.45) is 0 Å². The molecule has 0 saturated carbocycles. The van der Waals surface area contributed by atoms with Gasteiger partial charge in [-0.2, -0.15) is 0 Å². The Morgan fingerprint density at radius 1 is 1.12 bits per heavy atom. The third-order valence-electron chi connectivity index (χ3n) is 2.52. The first-order chi connectivity index (χ1) is 8.24. The van der Waals surface area contributed by atoms with Crippen molar-refractivity contribution >= 4 is 17.9 Å². The Hall–Kier alpha value is -1.80. The van der Waals surface area contributed by atoms with Crippen molar-refractivity contribution in [2.45, 2.75) is 0 Å². The average Bonchev–Trinajstić information content (AvgIpc) is 2.39. The molecule has 0 heterocycles. The predicted octanol–water partition coefficient (Wildman–Crippen LogP) is 3.83. The van der Waals surface area contributed by atoms with Crippen molar-refractivity contribution in [3.05, 3.63) is 53.1 Å². The quantitative estimate of drug-likeness (QED) is 0.770. The maximum Gasteiger partial charge on any atom is 0.150 e. The molecule has 0 aliphatic carbocycles. The smallest absolute Gasteiger partial charge is 0.150 e. The largest absolute Gasteiger partial charge is 0.496 e. The number of hydrogen-bond acceptors (Lipinski definition) is 2. The molecule has 0 aromatic heterocycles. The molecule has 0 saturated heterocycles. The molecular formula is C14H11ClO2. The molecule has 0 amide bonds. The van der Waals surface area contributed by atoms with Crippen molar-refractivity contribution in [1.82, 2.24) is 0 Å². The van der Waals surface area contributed by atoms with Crippen LogP contribution in [0.15, 0.2) is 42.5 Å². The van der Waals surface area contributed by atoms with Crippen LogP contribution in [-0.2, 0) is 0 Å². The van der Waals surface area contributed by atoms with Gasteiger partial charge in [-0.25, -0.2) is 0 Å². The van der Waals surface area contributed by atoms with Crippen LogP contribution in [0.4, 0.5) is 0 Å². The fraction of sp³-hybridized carbons (Fsp3) is 0.0714. The minimum atomic E-state index is 0.597. The molecular weight excluding hydrogens is 236 g/mol. The first-order valence-electron chi connectivity index (χ1n) is 5.14. The Labute approximate surface area is 105 Å². The van der Waals surface area contributed by atoms with Crippen molar-refractivity contribution in [2.75, 3.05) is 7.11 Å². The predicted molar refractivity (Wildman–Crippen MR) is 68.8 cm³/mol. The zero-order valence-electron chi connectivity index (χ0n) is 9.31. The Bertz CT molecular complexity index is 532. The van der Waals surface area contributed by atoms with E-state index in [2.05, 4.69) is 0 Å². The molecule has 0 N–H and O–H groups in total. The van der Waals surface area contributed by atoms with Crippen LogP contribution in [-0.4, -0.2) is 13.4 Å². The molecule has 0 fully saturated rings. The van der Waals surface area contributed by atoms with Crippen LogP contribution >= 0.6 is 11.6 Å². The molecule has 2 rings (SSSR count). The third kappa shape index (κ3) is 2.48. The van der Waals surface area contributed by atoms with Crippen LogP contribution in [0.3, 0.4) is 0 Å². The number of aldehydes is 1. The SMILES string of the molecule is COc1cc(C=O)ccc1-c1ccc(Cl)cc1. The number of benzene rings is 2. The van der Waals surface area contributed by atoms with Gasteiger partial charge in [-0.05, 0) is 29.8 Å². The highest BCUT2D eigenvalue weighted by atomic mass is 35.5. The maximum absolute atomic E-state index is 10.7. The Morgan fingerprint density at radius 2 is 1.82 bits per heavy atom. The lowest BCUT2D eigenvalue weighted by atomic mass is 10.0. The lowest BCUT2D eigenvalue weighted by molar-refractivity contribution is 0.112. The molecule has 2 nitrogen and oxygen atoms in total. The normalized spacial score (nSPS) is 10.0. The van der Waals surface area contributed by atoms with Gasteiger partial charge >= 0.3 is 0 Å². The van der Waals surface area contributed by atoms with Gasteiger partial charge in [0.05, 0.1) is 7.11 Å². The van der Waals surface area contributed by atoms with Gasteiger partial charge < -0.3 is 4.74 Å². The molecule has 0 aliphatic rings. The third-order valence-corrected chi connectivity index (χ3v) is 2.77. The average molecular weight is 247 g/mol. The van der Waals surface area contributed by atoms with Crippen LogP contribution in [0.25, 0.3) is 11.1 Å². The van der Waals surface area contributed by atoms with Crippen LogP contribution in [0.2, 0.25) is 5.02 Å². The topological polar surface area (TPSA) is 26.3 Å². The fourth-order valence-electron chi connectivity index (χ4n) is 1.65. The summed E-state index contributed by atoms with van der Waals surface area (Å²) >= 11 is 5.84. The first-order valence-corrected chi connectivity index (χ1v) is 5.51. The molecule has 0 aliphatic heterocycles. The van der Waals surface area contributed by atoms with Crippen LogP contribution in [0.5, 0.6) is 5.75 Å². The molecule has 2 aromatic rings. The van der Waals surface area contributed by atoms with Crippen molar-refractivity contribution < 1.29 is 9.53 Å². The monoisotopic (exact) mass is 246 g/mol. The number of methoxy groups -OCH3 is 1. The highest BCUT2D eigenvalue weighted by molar-refractivity contribution is 6.30. The lowest BCUT2D eigenvalue weighted by Crippen LogP contribution is -1.90. The molecule has 0 radical (unpaired) electrons. The van der Waals surface area contributed by atoms with Crippen molar-refractivity contribution in [1.29, 1.82) is 0 Å². The van der Waals surface area contributed by atoms with Gasteiger partial charge in [0.1, 0.15) is 12.0 Å². The summed E-state index contributed by atoms with van der Waals surface area (Å²) in [7, 11) is 1.59. The van der Waals surface area contributed by atoms with Crippen LogP contribution < -0.4 is 4.74 Å². The summed E-state index contributed by atoms with van der Waals surface area (Å²) in [5, 5.41) is 0.692. The number of carbonyl (C=O) groups is 1. The van der Waals surface area contributed by atoms with E-state index in [0.717, 1.165) is 17.4 Å². The standard InChI is InChI=1S/C14H11ClO2/c1-17-14-8-10(9-16)2-7-13(14)11-3-5-12(15)6-4-11/h2-9H,1H3. The number of carbonyl (C=O) groups excluding carboxylic acids is 1. The zero-order chi connectivity index (χ0) is 12.3. The first kappa shape index (κ1) is 11.7. The molecule has 0 unspecified atom stereocenters. The van der Waals surface area contributed by atoms with E-state index in [1.165, 1.54) is 0 Å². The molecule has 3 heteroatoms. The summed E-state index contributed by atoms with van der Waals surface area (Å²) < 4.78 is 5.28. The van der Waals surface area contributed by atoms with E-state index in [-0.39, 0.29) is 0 Å². The van der Waals surface area contributed by atoms with E-state index < -0.39 is 0 Å². The van der Waals surface area contributed by atoms with Crippen molar-refractivity contribution in [3.8, 4) is 16.9 Å². The molecule has 2 aromatic carbocycles. The molecule has 0 spiro atoms. The van der Waals surface area contributed by atoms with Gasteiger partial charge in [0, 0.05) is 16.1 Å². The number of rotatable bonds is 3. The minimum absolute atomic E-state index is 0.597. The van der Waals surface area contributed by atoms with E-state index in [4.69, 9.17) is 16.3 Å². The summed E-state index contributed by atoms with van der Waals surface area (Å²) in [6.45, 7) is 0. The Morgan fingerprint density at radius 3 is 2.41 bits per heavy atom. The second kappa shape index (κ2) is 5.02. The summed E-state index contributed by atoms with van der Waals surface area (Å²) in [6.07, 6.45) is 0.800. The molecule has 86 valence electrons. The lowest BCUT2D eigenvalue weighted by Gasteiger charge is -2.09. The highest BCUT2D eigenvalue weighted by Crippen LogP contribution is 2.31. The van der Waals surface area contributed by atoms with Gasteiger partial charge in [0.15, 0.2) is 0 Å².